The molecule has 116 valence electrons. The van der Waals surface area contributed by atoms with E-state index in [0.717, 1.165) is 44.8 Å². The highest BCUT2D eigenvalue weighted by atomic mass is 16.2. The molecule has 2 rings (SSSR count). The number of carbonyl (C=O) groups excluding carboxylic acids is 1. The van der Waals surface area contributed by atoms with Crippen molar-refractivity contribution in [2.45, 2.75) is 6.42 Å². The topological polar surface area (TPSA) is 52.8 Å². The number of nitrogens with two attached hydrogens (primary N) is 1. The highest BCUT2D eigenvalue weighted by molar-refractivity contribution is 5.81. The first-order valence-corrected chi connectivity index (χ1v) is 7.67. The molecule has 0 aromatic heterocycles. The smallest absolute Gasteiger partial charge is 0.242 e. The molecule has 5 nitrogen and oxygen atoms in total. The number of carbonyl (C=O) groups is 1. The second kappa shape index (κ2) is 8.00. The third-order valence-electron chi connectivity index (χ3n) is 3.94. The summed E-state index contributed by atoms with van der Waals surface area (Å²) in [5.41, 5.74) is 6.71. The lowest BCUT2D eigenvalue weighted by molar-refractivity contribution is -0.131. The summed E-state index contributed by atoms with van der Waals surface area (Å²) in [4.78, 5) is 18.8. The summed E-state index contributed by atoms with van der Waals surface area (Å²) in [5, 5.41) is 0. The molecule has 21 heavy (non-hydrogen) atoms. The van der Waals surface area contributed by atoms with Crippen LogP contribution in [0.4, 0.5) is 5.69 Å². The van der Waals surface area contributed by atoms with Crippen LogP contribution in [0.5, 0.6) is 0 Å². The van der Waals surface area contributed by atoms with E-state index < -0.39 is 0 Å². The van der Waals surface area contributed by atoms with Gasteiger partial charge in [-0.3, -0.25) is 4.79 Å². The van der Waals surface area contributed by atoms with Gasteiger partial charge in [0.15, 0.2) is 0 Å². The lowest BCUT2D eigenvalue weighted by atomic mass is 10.2. The van der Waals surface area contributed by atoms with E-state index in [0.29, 0.717) is 13.1 Å². The molecule has 0 spiro atoms. The van der Waals surface area contributed by atoms with E-state index in [4.69, 9.17) is 5.73 Å². The number of anilines is 1. The molecule has 2 N–H and O–H groups in total. The largest absolute Gasteiger partial charge is 0.362 e. The van der Waals surface area contributed by atoms with Crippen LogP contribution in [0.15, 0.2) is 30.3 Å². The average Bonchev–Trinajstić information content (AvgIpc) is 2.52. The van der Waals surface area contributed by atoms with Crippen LogP contribution in [-0.4, -0.2) is 68.6 Å². The summed E-state index contributed by atoms with van der Waals surface area (Å²) in [6.45, 7) is 5.48. The van der Waals surface area contributed by atoms with E-state index >= 15 is 0 Å². The van der Waals surface area contributed by atoms with Crippen LogP contribution in [0, 0.1) is 0 Å². The Bertz CT molecular complexity index is 429. The number of para-hydroxylation sites is 1. The van der Waals surface area contributed by atoms with Crippen LogP contribution < -0.4 is 10.6 Å². The Morgan fingerprint density at radius 3 is 2.48 bits per heavy atom. The number of nitrogens with zero attached hydrogens (tertiary/aromatic N) is 3. The minimum absolute atomic E-state index is 0.212. The van der Waals surface area contributed by atoms with Crippen molar-refractivity contribution >= 4 is 11.6 Å². The molecule has 1 amide bonds. The molecule has 0 unspecified atom stereocenters. The second-order valence-electron chi connectivity index (χ2n) is 5.58. The van der Waals surface area contributed by atoms with Crippen molar-refractivity contribution in [2.24, 2.45) is 5.73 Å². The number of hydrogen-bond donors (Lipinski definition) is 1. The summed E-state index contributed by atoms with van der Waals surface area (Å²) in [5.74, 6) is 0.212. The zero-order valence-corrected chi connectivity index (χ0v) is 12.9. The highest BCUT2D eigenvalue weighted by Crippen LogP contribution is 2.14. The van der Waals surface area contributed by atoms with E-state index in [-0.39, 0.29) is 5.91 Å². The molecule has 1 heterocycles. The summed E-state index contributed by atoms with van der Waals surface area (Å²) < 4.78 is 0. The Morgan fingerprint density at radius 2 is 1.86 bits per heavy atom. The molecule has 1 aliphatic heterocycles. The molecule has 1 saturated heterocycles. The van der Waals surface area contributed by atoms with Crippen molar-refractivity contribution in [3.63, 3.8) is 0 Å². The van der Waals surface area contributed by atoms with Gasteiger partial charge in [0.25, 0.3) is 0 Å². The first-order valence-electron chi connectivity index (χ1n) is 7.67. The lowest BCUT2D eigenvalue weighted by Crippen LogP contribution is -2.50. The third kappa shape index (κ3) is 4.72. The van der Waals surface area contributed by atoms with Crippen molar-refractivity contribution in [2.75, 3.05) is 57.8 Å². The van der Waals surface area contributed by atoms with Crippen LogP contribution in [0.1, 0.15) is 6.42 Å². The SMILES string of the molecule is CN1CCN(C(=O)CN(CCCN)c2ccccc2)CC1. The van der Waals surface area contributed by atoms with Gasteiger partial charge in [-0.15, -0.1) is 0 Å². The molecular formula is C16H26N4O. The van der Waals surface area contributed by atoms with Crippen LogP contribution in [0.25, 0.3) is 0 Å². The fourth-order valence-electron chi connectivity index (χ4n) is 2.54. The Morgan fingerprint density at radius 1 is 1.19 bits per heavy atom. The maximum Gasteiger partial charge on any atom is 0.242 e. The minimum Gasteiger partial charge on any atom is -0.362 e. The first-order chi connectivity index (χ1) is 10.2. The fraction of sp³-hybridized carbons (Fsp3) is 0.562. The normalized spacial score (nSPS) is 16.0. The molecule has 1 aromatic rings. The van der Waals surface area contributed by atoms with Gasteiger partial charge in [0, 0.05) is 38.4 Å². The van der Waals surface area contributed by atoms with Gasteiger partial charge in [-0.2, -0.15) is 0 Å². The lowest BCUT2D eigenvalue weighted by Gasteiger charge is -2.34. The number of piperazine rings is 1. The van der Waals surface area contributed by atoms with Gasteiger partial charge in [-0.05, 0) is 32.1 Å². The molecule has 0 radical (unpaired) electrons. The zero-order chi connectivity index (χ0) is 15.1. The molecule has 1 aromatic carbocycles. The Hall–Kier alpha value is -1.59. The van der Waals surface area contributed by atoms with Crippen LogP contribution in [0.3, 0.4) is 0 Å². The monoisotopic (exact) mass is 290 g/mol. The molecule has 0 atom stereocenters. The Labute approximate surface area is 127 Å². The van der Waals surface area contributed by atoms with Crippen LogP contribution in [-0.2, 0) is 4.79 Å². The van der Waals surface area contributed by atoms with Crippen molar-refractivity contribution < 1.29 is 4.79 Å². The molecular weight excluding hydrogens is 264 g/mol. The molecule has 0 aliphatic carbocycles. The van der Waals surface area contributed by atoms with Crippen LogP contribution >= 0.6 is 0 Å². The van der Waals surface area contributed by atoms with Crippen molar-refractivity contribution in [3.8, 4) is 0 Å². The summed E-state index contributed by atoms with van der Waals surface area (Å²) in [6, 6.07) is 10.1. The third-order valence-corrected chi connectivity index (χ3v) is 3.94. The Balaban J connectivity index is 1.96. The van der Waals surface area contributed by atoms with Crippen molar-refractivity contribution in [1.82, 2.24) is 9.80 Å². The number of rotatable bonds is 6. The highest BCUT2D eigenvalue weighted by Gasteiger charge is 2.21. The molecule has 0 bridgehead atoms. The van der Waals surface area contributed by atoms with Crippen LogP contribution in [0.2, 0.25) is 0 Å². The van der Waals surface area contributed by atoms with Crippen molar-refractivity contribution in [1.29, 1.82) is 0 Å². The molecule has 0 saturated carbocycles. The van der Waals surface area contributed by atoms with Gasteiger partial charge < -0.3 is 20.4 Å². The Kier molecular flexibility index (Phi) is 6.02. The van der Waals surface area contributed by atoms with E-state index in [2.05, 4.69) is 16.8 Å². The van der Waals surface area contributed by atoms with Gasteiger partial charge in [0.1, 0.15) is 0 Å². The maximum absolute atomic E-state index is 12.5. The van der Waals surface area contributed by atoms with E-state index in [1.54, 1.807) is 0 Å². The average molecular weight is 290 g/mol. The molecule has 1 fully saturated rings. The van der Waals surface area contributed by atoms with E-state index in [9.17, 15) is 4.79 Å². The summed E-state index contributed by atoms with van der Waals surface area (Å²) in [7, 11) is 2.10. The van der Waals surface area contributed by atoms with Crippen molar-refractivity contribution in [3.05, 3.63) is 30.3 Å². The zero-order valence-electron chi connectivity index (χ0n) is 12.9. The minimum atomic E-state index is 0.212. The molecule has 1 aliphatic rings. The van der Waals surface area contributed by atoms with E-state index in [1.807, 2.05) is 35.2 Å². The quantitative estimate of drug-likeness (QED) is 0.834. The van der Waals surface area contributed by atoms with Gasteiger partial charge in [-0.1, -0.05) is 18.2 Å². The van der Waals surface area contributed by atoms with Gasteiger partial charge in [0.2, 0.25) is 5.91 Å². The number of amides is 1. The maximum atomic E-state index is 12.5. The standard InChI is InChI=1S/C16H26N4O/c1-18-10-12-19(13-11-18)16(21)14-20(9-5-8-17)15-6-3-2-4-7-15/h2-4,6-7H,5,8-14,17H2,1H3. The number of likely N-dealkylation sites (N-methyl/N-ethyl adjacent to an activating group) is 1. The van der Waals surface area contributed by atoms with E-state index in [1.165, 1.54) is 0 Å². The summed E-state index contributed by atoms with van der Waals surface area (Å²) >= 11 is 0. The summed E-state index contributed by atoms with van der Waals surface area (Å²) in [6.07, 6.45) is 0.894. The predicted octanol–water partition coefficient (Wildman–Crippen LogP) is 0.616. The predicted molar refractivity (Wildman–Crippen MR) is 86.4 cm³/mol. The number of hydrogen-bond acceptors (Lipinski definition) is 4. The van der Waals surface area contributed by atoms with Gasteiger partial charge in [-0.25, -0.2) is 0 Å². The van der Waals surface area contributed by atoms with Gasteiger partial charge in [0.05, 0.1) is 6.54 Å². The second-order valence-corrected chi connectivity index (χ2v) is 5.58. The fourth-order valence-corrected chi connectivity index (χ4v) is 2.54. The first kappa shape index (κ1) is 15.8. The molecule has 5 heteroatoms. The van der Waals surface area contributed by atoms with Gasteiger partial charge >= 0.3 is 0 Å². The number of benzene rings is 1.